The van der Waals surface area contributed by atoms with Crippen molar-refractivity contribution in [1.29, 1.82) is 0 Å². The van der Waals surface area contributed by atoms with E-state index in [0.29, 0.717) is 16.7 Å². The molecule has 0 atom stereocenters. The standard InChI is InChI=1S/C15H17FN2O3/c1-8-5-10(6-9(2)11(8)16)7-18-13(20)15(3,4)12(19)17-14(18)21/h5-6H,7H2,1-4H3,(H,17,19,21). The first-order chi connectivity index (χ1) is 9.64. The number of carbonyl (C=O) groups is 3. The van der Waals surface area contributed by atoms with Gasteiger partial charge in [-0.1, -0.05) is 12.1 Å². The van der Waals surface area contributed by atoms with Crippen LogP contribution in [0.15, 0.2) is 12.1 Å². The number of benzene rings is 1. The molecule has 21 heavy (non-hydrogen) atoms. The van der Waals surface area contributed by atoms with Crippen molar-refractivity contribution in [3.8, 4) is 0 Å². The van der Waals surface area contributed by atoms with Crippen molar-refractivity contribution in [2.75, 3.05) is 0 Å². The van der Waals surface area contributed by atoms with E-state index in [4.69, 9.17) is 0 Å². The van der Waals surface area contributed by atoms with Crippen LogP contribution in [0.25, 0.3) is 0 Å². The largest absolute Gasteiger partial charge is 0.331 e. The number of aryl methyl sites for hydroxylation is 2. The fraction of sp³-hybridized carbons (Fsp3) is 0.400. The van der Waals surface area contributed by atoms with Crippen LogP contribution >= 0.6 is 0 Å². The van der Waals surface area contributed by atoms with Crippen LogP contribution in [-0.4, -0.2) is 22.7 Å². The first-order valence-electron chi connectivity index (χ1n) is 6.57. The number of carbonyl (C=O) groups excluding carboxylic acids is 3. The maximum absolute atomic E-state index is 13.6. The first-order valence-corrected chi connectivity index (χ1v) is 6.57. The Hall–Kier alpha value is -2.24. The van der Waals surface area contributed by atoms with Gasteiger partial charge in [0, 0.05) is 0 Å². The van der Waals surface area contributed by atoms with Crippen LogP contribution in [0.3, 0.4) is 0 Å². The number of nitrogens with one attached hydrogen (secondary N) is 1. The molecule has 1 heterocycles. The summed E-state index contributed by atoms with van der Waals surface area (Å²) in [5.41, 5.74) is 0.244. The predicted molar refractivity (Wildman–Crippen MR) is 73.7 cm³/mol. The van der Waals surface area contributed by atoms with E-state index in [2.05, 4.69) is 5.32 Å². The van der Waals surface area contributed by atoms with Crippen molar-refractivity contribution in [2.24, 2.45) is 5.41 Å². The molecule has 0 spiro atoms. The average molecular weight is 292 g/mol. The summed E-state index contributed by atoms with van der Waals surface area (Å²) in [6.07, 6.45) is 0. The highest BCUT2D eigenvalue weighted by Gasteiger charge is 2.46. The van der Waals surface area contributed by atoms with Crippen LogP contribution in [0.4, 0.5) is 9.18 Å². The van der Waals surface area contributed by atoms with Gasteiger partial charge < -0.3 is 0 Å². The smallest absolute Gasteiger partial charge is 0.277 e. The van der Waals surface area contributed by atoms with E-state index in [9.17, 15) is 18.8 Å². The summed E-state index contributed by atoms with van der Waals surface area (Å²) in [5, 5.41) is 2.16. The van der Waals surface area contributed by atoms with Crippen molar-refractivity contribution < 1.29 is 18.8 Å². The first kappa shape index (κ1) is 15.2. The zero-order chi connectivity index (χ0) is 15.9. The minimum atomic E-state index is -1.29. The third-order valence-corrected chi connectivity index (χ3v) is 3.65. The number of nitrogens with zero attached hydrogens (tertiary/aromatic N) is 1. The van der Waals surface area contributed by atoms with E-state index in [1.807, 2.05) is 0 Å². The number of hydrogen-bond acceptors (Lipinski definition) is 3. The van der Waals surface area contributed by atoms with Gasteiger partial charge in [0.05, 0.1) is 6.54 Å². The zero-order valence-electron chi connectivity index (χ0n) is 12.4. The molecule has 0 bridgehead atoms. The monoisotopic (exact) mass is 292 g/mol. The van der Waals surface area contributed by atoms with E-state index in [0.717, 1.165) is 4.90 Å². The molecule has 0 aliphatic carbocycles. The highest BCUT2D eigenvalue weighted by Crippen LogP contribution is 2.25. The molecule has 1 saturated heterocycles. The van der Waals surface area contributed by atoms with Crippen molar-refractivity contribution in [1.82, 2.24) is 10.2 Å². The number of halogens is 1. The predicted octanol–water partition coefficient (Wildman–Crippen LogP) is 2.05. The second-order valence-corrected chi connectivity index (χ2v) is 5.82. The molecule has 1 aliphatic rings. The highest BCUT2D eigenvalue weighted by atomic mass is 19.1. The van der Waals surface area contributed by atoms with E-state index in [1.54, 1.807) is 26.0 Å². The lowest BCUT2D eigenvalue weighted by molar-refractivity contribution is -0.149. The van der Waals surface area contributed by atoms with Gasteiger partial charge in [0.15, 0.2) is 0 Å². The summed E-state index contributed by atoms with van der Waals surface area (Å²) in [4.78, 5) is 36.8. The van der Waals surface area contributed by atoms with Crippen molar-refractivity contribution in [3.05, 3.63) is 34.6 Å². The Kier molecular flexibility index (Phi) is 3.57. The molecule has 0 unspecified atom stereocenters. The Morgan fingerprint density at radius 2 is 1.67 bits per heavy atom. The van der Waals surface area contributed by atoms with Crippen LogP contribution < -0.4 is 5.32 Å². The quantitative estimate of drug-likeness (QED) is 0.848. The van der Waals surface area contributed by atoms with Crippen LogP contribution in [0.5, 0.6) is 0 Å². The van der Waals surface area contributed by atoms with E-state index < -0.39 is 23.3 Å². The summed E-state index contributed by atoms with van der Waals surface area (Å²) in [6.45, 7) is 6.18. The molecule has 1 aromatic carbocycles. The van der Waals surface area contributed by atoms with Gasteiger partial charge in [0.25, 0.3) is 0 Å². The summed E-state index contributed by atoms with van der Waals surface area (Å²) in [6, 6.07) is 2.43. The zero-order valence-corrected chi connectivity index (χ0v) is 12.4. The minimum absolute atomic E-state index is 0.00331. The third kappa shape index (κ3) is 2.53. The van der Waals surface area contributed by atoms with Crippen molar-refractivity contribution in [2.45, 2.75) is 34.2 Å². The average Bonchev–Trinajstić information content (AvgIpc) is 2.39. The van der Waals surface area contributed by atoms with E-state index in [-0.39, 0.29) is 12.4 Å². The van der Waals surface area contributed by atoms with Gasteiger partial charge in [0.2, 0.25) is 11.8 Å². The molecular weight excluding hydrogens is 275 g/mol. The maximum atomic E-state index is 13.6. The molecule has 0 aromatic heterocycles. The minimum Gasteiger partial charge on any atom is -0.277 e. The normalized spacial score (nSPS) is 18.0. The lowest BCUT2D eigenvalue weighted by Crippen LogP contribution is -2.61. The molecule has 5 nitrogen and oxygen atoms in total. The Balaban J connectivity index is 2.32. The van der Waals surface area contributed by atoms with Gasteiger partial charge in [-0.05, 0) is 44.4 Å². The molecule has 2 rings (SSSR count). The molecule has 0 radical (unpaired) electrons. The van der Waals surface area contributed by atoms with Crippen LogP contribution in [0.1, 0.15) is 30.5 Å². The molecule has 4 amide bonds. The molecule has 1 fully saturated rings. The van der Waals surface area contributed by atoms with Crippen LogP contribution in [0.2, 0.25) is 0 Å². The number of amides is 4. The fourth-order valence-corrected chi connectivity index (χ4v) is 2.30. The summed E-state index contributed by atoms with van der Waals surface area (Å²) >= 11 is 0. The number of imide groups is 2. The van der Waals surface area contributed by atoms with Gasteiger partial charge >= 0.3 is 6.03 Å². The molecule has 112 valence electrons. The number of urea groups is 1. The summed E-state index contributed by atoms with van der Waals surface area (Å²) in [7, 11) is 0. The molecular formula is C15H17FN2O3. The number of barbiturate groups is 1. The molecule has 1 aromatic rings. The SMILES string of the molecule is Cc1cc(CN2C(=O)NC(=O)C(C)(C)C2=O)cc(C)c1F. The Labute approximate surface area is 122 Å². The lowest BCUT2D eigenvalue weighted by atomic mass is 9.88. The Bertz CT molecular complexity index is 629. The highest BCUT2D eigenvalue weighted by molar-refractivity contribution is 6.18. The fourth-order valence-electron chi connectivity index (χ4n) is 2.30. The molecule has 1 N–H and O–H groups in total. The third-order valence-electron chi connectivity index (χ3n) is 3.65. The van der Waals surface area contributed by atoms with Gasteiger partial charge in [-0.3, -0.25) is 19.8 Å². The lowest BCUT2D eigenvalue weighted by Gasteiger charge is -2.34. The van der Waals surface area contributed by atoms with Gasteiger partial charge in [-0.25, -0.2) is 9.18 Å². The van der Waals surface area contributed by atoms with Crippen LogP contribution in [0, 0.1) is 25.1 Å². The molecule has 0 saturated carbocycles. The van der Waals surface area contributed by atoms with Crippen LogP contribution in [-0.2, 0) is 16.1 Å². The maximum Gasteiger partial charge on any atom is 0.331 e. The van der Waals surface area contributed by atoms with Crippen molar-refractivity contribution >= 4 is 17.8 Å². The molecule has 6 heteroatoms. The number of hydrogen-bond donors (Lipinski definition) is 1. The summed E-state index contributed by atoms with van der Waals surface area (Å²) in [5.74, 6) is -1.47. The number of rotatable bonds is 2. The second-order valence-electron chi connectivity index (χ2n) is 5.82. The van der Waals surface area contributed by atoms with Gasteiger partial charge in [-0.2, -0.15) is 0 Å². The Morgan fingerprint density at radius 1 is 1.14 bits per heavy atom. The molecule has 1 aliphatic heterocycles. The van der Waals surface area contributed by atoms with Gasteiger partial charge in [0.1, 0.15) is 11.2 Å². The Morgan fingerprint density at radius 3 is 2.19 bits per heavy atom. The van der Waals surface area contributed by atoms with E-state index >= 15 is 0 Å². The van der Waals surface area contributed by atoms with Crippen molar-refractivity contribution in [3.63, 3.8) is 0 Å². The second kappa shape index (κ2) is 4.95. The topological polar surface area (TPSA) is 66.5 Å². The van der Waals surface area contributed by atoms with E-state index in [1.165, 1.54) is 13.8 Å². The van der Waals surface area contributed by atoms with Gasteiger partial charge in [-0.15, -0.1) is 0 Å². The summed E-state index contributed by atoms with van der Waals surface area (Å²) < 4.78 is 13.6.